The Kier molecular flexibility index (Phi) is 4.39. The van der Waals surface area contributed by atoms with Gasteiger partial charge in [-0.15, -0.1) is 0 Å². The molecule has 6 nitrogen and oxygen atoms in total. The van der Waals surface area contributed by atoms with Gasteiger partial charge in [-0.2, -0.15) is 5.26 Å². The average Bonchev–Trinajstić information content (AvgIpc) is 2.60. The van der Waals surface area contributed by atoms with Gasteiger partial charge in [-0.1, -0.05) is 18.2 Å². The number of nitriles is 1. The fourth-order valence-electron chi connectivity index (χ4n) is 3.15. The zero-order valence-corrected chi connectivity index (χ0v) is 14.5. The van der Waals surface area contributed by atoms with Crippen LogP contribution in [0.2, 0.25) is 0 Å². The lowest BCUT2D eigenvalue weighted by atomic mass is 9.85. The van der Waals surface area contributed by atoms with Gasteiger partial charge >= 0.3 is 0 Å². The van der Waals surface area contributed by atoms with Crippen LogP contribution in [0, 0.1) is 21.4 Å². The predicted octanol–water partition coefficient (Wildman–Crippen LogP) is 3.86. The summed E-state index contributed by atoms with van der Waals surface area (Å²) in [5.41, 5.74) is 2.78. The number of fused-ring (bicyclic) bond motifs is 1. The monoisotopic (exact) mass is 347 g/mol. The summed E-state index contributed by atoms with van der Waals surface area (Å²) >= 11 is 0. The van der Waals surface area contributed by atoms with E-state index >= 15 is 0 Å². The van der Waals surface area contributed by atoms with Crippen LogP contribution < -0.4 is 0 Å². The van der Waals surface area contributed by atoms with Gasteiger partial charge in [0.15, 0.2) is 5.78 Å². The molecule has 2 aromatic carbocycles. The number of non-ortho nitro benzene ring substituents is 1. The summed E-state index contributed by atoms with van der Waals surface area (Å²) < 4.78 is 0. The number of carbonyl (C=O) groups is 1. The predicted molar refractivity (Wildman–Crippen MR) is 97.5 cm³/mol. The van der Waals surface area contributed by atoms with E-state index in [-0.39, 0.29) is 23.4 Å². The third kappa shape index (κ3) is 3.52. The number of rotatable bonds is 4. The first-order valence-electron chi connectivity index (χ1n) is 8.19. The normalized spacial score (nSPS) is 14.7. The minimum atomic E-state index is -0.444. The van der Waals surface area contributed by atoms with Crippen LogP contribution in [0.15, 0.2) is 47.5 Å². The molecule has 6 heteroatoms. The molecule has 130 valence electrons. The summed E-state index contributed by atoms with van der Waals surface area (Å²) in [6.45, 7) is 3.95. The number of benzene rings is 2. The van der Waals surface area contributed by atoms with E-state index in [4.69, 9.17) is 5.26 Å². The Morgan fingerprint density at radius 1 is 1.27 bits per heavy atom. The first kappa shape index (κ1) is 17.5. The molecule has 0 spiro atoms. The minimum absolute atomic E-state index is 0.0121. The molecule has 0 bridgehead atoms. The van der Waals surface area contributed by atoms with Crippen molar-refractivity contribution in [3.05, 3.63) is 74.8 Å². The van der Waals surface area contributed by atoms with Crippen molar-refractivity contribution in [2.75, 3.05) is 0 Å². The third-order valence-corrected chi connectivity index (χ3v) is 4.34. The molecule has 1 aliphatic rings. The van der Waals surface area contributed by atoms with Crippen LogP contribution >= 0.6 is 0 Å². The zero-order chi connectivity index (χ0) is 18.9. The molecule has 0 aliphatic carbocycles. The van der Waals surface area contributed by atoms with E-state index in [0.717, 1.165) is 5.56 Å². The van der Waals surface area contributed by atoms with Crippen LogP contribution in [-0.4, -0.2) is 22.0 Å². The Morgan fingerprint density at radius 3 is 2.58 bits per heavy atom. The average molecular weight is 347 g/mol. The molecule has 1 heterocycles. The van der Waals surface area contributed by atoms with E-state index in [1.54, 1.807) is 30.3 Å². The van der Waals surface area contributed by atoms with Crippen LogP contribution in [-0.2, 0) is 6.42 Å². The zero-order valence-electron chi connectivity index (χ0n) is 14.5. The standard InChI is InChI=1S/C20H17N3O3/c1-20(2)11-15-7-8-16(23(25)26)9-17(15)18(22-20)10-19(24)14-5-3-13(12-21)4-6-14/h3-9H,10-11H2,1-2H3. The molecule has 0 N–H and O–H groups in total. The Bertz CT molecular complexity index is 967. The molecule has 0 aromatic heterocycles. The van der Waals surface area contributed by atoms with Crippen molar-refractivity contribution in [1.82, 2.24) is 0 Å². The van der Waals surface area contributed by atoms with Gasteiger partial charge in [-0.25, -0.2) is 0 Å². The van der Waals surface area contributed by atoms with Crippen molar-refractivity contribution in [3.8, 4) is 6.07 Å². The second-order valence-corrected chi connectivity index (χ2v) is 6.94. The highest BCUT2D eigenvalue weighted by atomic mass is 16.6. The quantitative estimate of drug-likeness (QED) is 0.476. The molecule has 0 radical (unpaired) electrons. The lowest BCUT2D eigenvalue weighted by Crippen LogP contribution is -2.30. The van der Waals surface area contributed by atoms with Crippen LogP contribution in [0.1, 0.15) is 47.3 Å². The van der Waals surface area contributed by atoms with Gasteiger partial charge in [0.2, 0.25) is 0 Å². The van der Waals surface area contributed by atoms with Crippen molar-refractivity contribution in [3.63, 3.8) is 0 Å². The number of nitro groups is 1. The second kappa shape index (κ2) is 6.52. The Balaban J connectivity index is 1.96. The number of Topliss-reactive ketones (excluding diaryl/α,β-unsaturated/α-hetero) is 1. The summed E-state index contributed by atoms with van der Waals surface area (Å²) in [6.07, 6.45) is 0.721. The van der Waals surface area contributed by atoms with Gasteiger partial charge in [0.1, 0.15) is 0 Å². The molecule has 0 fully saturated rings. The molecular weight excluding hydrogens is 330 g/mol. The SMILES string of the molecule is CC1(C)Cc2ccc([N+](=O)[O-])cc2C(CC(=O)c2ccc(C#N)cc2)=N1. The number of nitro benzene ring substituents is 1. The van der Waals surface area contributed by atoms with E-state index in [2.05, 4.69) is 4.99 Å². The molecule has 0 unspecified atom stereocenters. The van der Waals surface area contributed by atoms with Crippen LogP contribution in [0.5, 0.6) is 0 Å². The van der Waals surface area contributed by atoms with Crippen molar-refractivity contribution < 1.29 is 9.72 Å². The van der Waals surface area contributed by atoms with Gasteiger partial charge in [0.25, 0.3) is 5.69 Å². The number of hydrogen-bond donors (Lipinski definition) is 0. The van der Waals surface area contributed by atoms with E-state index in [1.807, 2.05) is 19.9 Å². The number of nitrogens with zero attached hydrogens (tertiary/aromatic N) is 3. The highest BCUT2D eigenvalue weighted by Crippen LogP contribution is 2.31. The van der Waals surface area contributed by atoms with E-state index < -0.39 is 4.92 Å². The molecule has 3 rings (SSSR count). The summed E-state index contributed by atoms with van der Waals surface area (Å²) in [5, 5.41) is 20.0. The topological polar surface area (TPSA) is 96.4 Å². The maximum atomic E-state index is 12.7. The summed E-state index contributed by atoms with van der Waals surface area (Å²) in [7, 11) is 0. The summed E-state index contributed by atoms with van der Waals surface area (Å²) in [5.74, 6) is -0.136. The molecule has 2 aromatic rings. The highest BCUT2D eigenvalue weighted by molar-refractivity contribution is 6.17. The molecule has 26 heavy (non-hydrogen) atoms. The lowest BCUT2D eigenvalue weighted by Gasteiger charge is -2.28. The van der Waals surface area contributed by atoms with Gasteiger partial charge in [0, 0.05) is 23.3 Å². The van der Waals surface area contributed by atoms with Gasteiger partial charge in [0.05, 0.1) is 34.2 Å². The molecule has 0 saturated heterocycles. The van der Waals surface area contributed by atoms with Crippen LogP contribution in [0.4, 0.5) is 5.69 Å². The van der Waals surface area contributed by atoms with E-state index in [0.29, 0.717) is 28.8 Å². The van der Waals surface area contributed by atoms with Crippen molar-refractivity contribution >= 4 is 17.2 Å². The third-order valence-electron chi connectivity index (χ3n) is 4.34. The summed E-state index contributed by atoms with van der Waals surface area (Å²) in [4.78, 5) is 28.0. The lowest BCUT2D eigenvalue weighted by molar-refractivity contribution is -0.384. The van der Waals surface area contributed by atoms with Gasteiger partial charge in [-0.05, 0) is 38.0 Å². The minimum Gasteiger partial charge on any atom is -0.294 e. The van der Waals surface area contributed by atoms with Gasteiger partial charge < -0.3 is 0 Å². The maximum absolute atomic E-state index is 12.7. The fraction of sp³-hybridized carbons (Fsp3) is 0.250. The van der Waals surface area contributed by atoms with Crippen LogP contribution in [0.3, 0.4) is 0 Å². The Hall–Kier alpha value is -3.33. The molecule has 1 aliphatic heterocycles. The number of carbonyl (C=O) groups excluding carboxylic acids is 1. The number of hydrogen-bond acceptors (Lipinski definition) is 5. The van der Waals surface area contributed by atoms with Gasteiger partial charge in [-0.3, -0.25) is 19.9 Å². The maximum Gasteiger partial charge on any atom is 0.270 e. The number of ketones is 1. The van der Waals surface area contributed by atoms with E-state index in [1.165, 1.54) is 12.1 Å². The number of aliphatic imine (C=N–C) groups is 1. The molecular formula is C20H17N3O3. The Labute approximate surface area is 151 Å². The first-order valence-corrected chi connectivity index (χ1v) is 8.19. The molecule has 0 saturated carbocycles. The Morgan fingerprint density at radius 2 is 1.96 bits per heavy atom. The molecule has 0 amide bonds. The van der Waals surface area contributed by atoms with E-state index in [9.17, 15) is 14.9 Å². The van der Waals surface area contributed by atoms with Crippen molar-refractivity contribution in [2.24, 2.45) is 4.99 Å². The first-order chi connectivity index (χ1) is 12.3. The largest absolute Gasteiger partial charge is 0.294 e. The van der Waals surface area contributed by atoms with Crippen LogP contribution in [0.25, 0.3) is 0 Å². The molecule has 0 atom stereocenters. The van der Waals surface area contributed by atoms with Crippen molar-refractivity contribution in [1.29, 1.82) is 5.26 Å². The summed E-state index contributed by atoms with van der Waals surface area (Å²) in [6, 6.07) is 13.2. The smallest absolute Gasteiger partial charge is 0.270 e. The fourth-order valence-corrected chi connectivity index (χ4v) is 3.15. The second-order valence-electron chi connectivity index (χ2n) is 6.94. The van der Waals surface area contributed by atoms with Crippen molar-refractivity contribution in [2.45, 2.75) is 32.2 Å². The highest BCUT2D eigenvalue weighted by Gasteiger charge is 2.29.